The van der Waals surface area contributed by atoms with Crippen molar-refractivity contribution in [3.8, 4) is 0 Å². The summed E-state index contributed by atoms with van der Waals surface area (Å²) in [6, 6.07) is 1.61. The van der Waals surface area contributed by atoms with Gasteiger partial charge in [0.2, 0.25) is 0 Å². The van der Waals surface area contributed by atoms with Crippen LogP contribution < -0.4 is 0 Å². The van der Waals surface area contributed by atoms with Crippen LogP contribution in [0.15, 0.2) is 18.5 Å². The van der Waals surface area contributed by atoms with Gasteiger partial charge in [0.15, 0.2) is 0 Å². The minimum atomic E-state index is -0.947. The molecule has 1 aromatic heterocycles. The number of hydrogen-bond donors (Lipinski definition) is 1. The average Bonchev–Trinajstić information content (AvgIpc) is 2.04. The van der Waals surface area contributed by atoms with E-state index in [1.54, 1.807) is 19.9 Å². The Morgan fingerprint density at radius 3 is 2.62 bits per heavy atom. The standard InChI is InChI=1S/C9H10ClNO2/c1-9(2,8(12)13)6-3-7(10)5-11-4-6/h3-5H,1-2H3,(H,12,13). The molecule has 0 aliphatic rings. The lowest BCUT2D eigenvalue weighted by Crippen LogP contribution is -2.28. The van der Waals surface area contributed by atoms with Crippen LogP contribution in [0.2, 0.25) is 5.02 Å². The van der Waals surface area contributed by atoms with Crippen LogP contribution in [0.4, 0.5) is 0 Å². The first-order valence-electron chi connectivity index (χ1n) is 3.79. The normalized spacial score (nSPS) is 11.3. The lowest BCUT2D eigenvalue weighted by molar-refractivity contribution is -0.142. The molecular weight excluding hydrogens is 190 g/mol. The van der Waals surface area contributed by atoms with E-state index < -0.39 is 11.4 Å². The van der Waals surface area contributed by atoms with Gasteiger partial charge in [-0.15, -0.1) is 0 Å². The van der Waals surface area contributed by atoms with Crippen LogP contribution in [0.25, 0.3) is 0 Å². The molecule has 4 heteroatoms. The summed E-state index contributed by atoms with van der Waals surface area (Å²) < 4.78 is 0. The molecule has 1 rings (SSSR count). The van der Waals surface area contributed by atoms with Gasteiger partial charge in [-0.05, 0) is 25.5 Å². The quantitative estimate of drug-likeness (QED) is 0.794. The highest BCUT2D eigenvalue weighted by Crippen LogP contribution is 2.24. The zero-order valence-electron chi connectivity index (χ0n) is 7.41. The Bertz CT molecular complexity index is 336. The molecule has 13 heavy (non-hydrogen) atoms. The second-order valence-electron chi connectivity index (χ2n) is 3.32. The van der Waals surface area contributed by atoms with E-state index in [0.29, 0.717) is 10.6 Å². The second-order valence-corrected chi connectivity index (χ2v) is 3.76. The molecule has 0 atom stereocenters. The third kappa shape index (κ3) is 1.98. The molecule has 0 bridgehead atoms. The number of rotatable bonds is 2. The van der Waals surface area contributed by atoms with Gasteiger partial charge >= 0.3 is 5.97 Å². The molecule has 1 N–H and O–H groups in total. The maximum absolute atomic E-state index is 10.9. The van der Waals surface area contributed by atoms with Gasteiger partial charge in [0.1, 0.15) is 0 Å². The molecule has 0 amide bonds. The lowest BCUT2D eigenvalue weighted by Gasteiger charge is -2.18. The van der Waals surface area contributed by atoms with Crippen molar-refractivity contribution in [1.82, 2.24) is 4.98 Å². The van der Waals surface area contributed by atoms with E-state index in [4.69, 9.17) is 16.7 Å². The van der Waals surface area contributed by atoms with E-state index in [1.165, 1.54) is 12.4 Å². The molecule has 0 spiro atoms. The smallest absolute Gasteiger partial charge is 0.313 e. The molecular formula is C9H10ClNO2. The number of carboxylic acid groups (broad SMARTS) is 1. The topological polar surface area (TPSA) is 50.2 Å². The minimum Gasteiger partial charge on any atom is -0.481 e. The molecule has 0 saturated heterocycles. The van der Waals surface area contributed by atoms with E-state index in [1.807, 2.05) is 0 Å². The van der Waals surface area contributed by atoms with Gasteiger partial charge in [0, 0.05) is 12.4 Å². The maximum Gasteiger partial charge on any atom is 0.313 e. The van der Waals surface area contributed by atoms with Gasteiger partial charge in [0.05, 0.1) is 10.4 Å². The number of aromatic nitrogens is 1. The van der Waals surface area contributed by atoms with Gasteiger partial charge in [0.25, 0.3) is 0 Å². The molecule has 3 nitrogen and oxygen atoms in total. The van der Waals surface area contributed by atoms with E-state index in [2.05, 4.69) is 4.98 Å². The Balaban J connectivity index is 3.14. The number of carbonyl (C=O) groups is 1. The summed E-state index contributed by atoms with van der Waals surface area (Å²) >= 11 is 5.70. The van der Waals surface area contributed by atoms with Gasteiger partial charge in [-0.1, -0.05) is 11.6 Å². The van der Waals surface area contributed by atoms with Crippen LogP contribution in [-0.4, -0.2) is 16.1 Å². The van der Waals surface area contributed by atoms with E-state index in [9.17, 15) is 4.79 Å². The molecule has 0 saturated carbocycles. The Labute approximate surface area is 81.4 Å². The first kappa shape index (κ1) is 9.99. The molecule has 0 unspecified atom stereocenters. The van der Waals surface area contributed by atoms with Crippen LogP contribution in [0.3, 0.4) is 0 Å². The second kappa shape index (κ2) is 3.34. The monoisotopic (exact) mass is 199 g/mol. The Kier molecular flexibility index (Phi) is 2.57. The van der Waals surface area contributed by atoms with Crippen LogP contribution in [-0.2, 0) is 10.2 Å². The molecule has 1 heterocycles. The summed E-state index contributed by atoms with van der Waals surface area (Å²) in [5.41, 5.74) is -0.342. The van der Waals surface area contributed by atoms with Crippen molar-refractivity contribution in [2.45, 2.75) is 19.3 Å². The number of pyridine rings is 1. The molecule has 0 aromatic carbocycles. The van der Waals surface area contributed by atoms with Gasteiger partial charge < -0.3 is 5.11 Å². The number of halogens is 1. The summed E-state index contributed by atoms with van der Waals surface area (Å²) in [5, 5.41) is 9.37. The third-order valence-corrected chi connectivity index (χ3v) is 2.17. The number of carboxylic acids is 1. The summed E-state index contributed by atoms with van der Waals surface area (Å²) in [6.07, 6.45) is 2.99. The maximum atomic E-state index is 10.9. The summed E-state index contributed by atoms with van der Waals surface area (Å²) in [5.74, 6) is -0.892. The molecule has 70 valence electrons. The molecule has 1 aromatic rings. The molecule has 0 fully saturated rings. The van der Waals surface area contributed by atoms with Gasteiger partial charge in [-0.25, -0.2) is 0 Å². The van der Waals surface area contributed by atoms with Gasteiger partial charge in [-0.2, -0.15) is 0 Å². The highest BCUT2D eigenvalue weighted by atomic mass is 35.5. The SMILES string of the molecule is CC(C)(C(=O)O)c1cncc(Cl)c1. The fraction of sp³-hybridized carbons (Fsp3) is 0.333. The highest BCUT2D eigenvalue weighted by Gasteiger charge is 2.29. The average molecular weight is 200 g/mol. The molecule has 0 aliphatic carbocycles. The first-order valence-corrected chi connectivity index (χ1v) is 4.17. The highest BCUT2D eigenvalue weighted by molar-refractivity contribution is 6.30. The summed E-state index contributed by atoms with van der Waals surface area (Å²) in [7, 11) is 0. The van der Waals surface area contributed by atoms with E-state index >= 15 is 0 Å². The van der Waals surface area contributed by atoms with Crippen molar-refractivity contribution in [3.63, 3.8) is 0 Å². The zero-order chi connectivity index (χ0) is 10.1. The van der Waals surface area contributed by atoms with E-state index in [-0.39, 0.29) is 0 Å². The molecule has 0 radical (unpaired) electrons. The predicted octanol–water partition coefficient (Wildman–Crippen LogP) is 2.10. The number of nitrogens with zero attached hydrogens (tertiary/aromatic N) is 1. The van der Waals surface area contributed by atoms with Crippen LogP contribution in [0.1, 0.15) is 19.4 Å². The van der Waals surface area contributed by atoms with Crippen molar-refractivity contribution in [3.05, 3.63) is 29.0 Å². The van der Waals surface area contributed by atoms with Crippen molar-refractivity contribution < 1.29 is 9.90 Å². The van der Waals surface area contributed by atoms with Crippen molar-refractivity contribution >= 4 is 17.6 Å². The van der Waals surface area contributed by atoms with Crippen molar-refractivity contribution in [1.29, 1.82) is 0 Å². The minimum absolute atomic E-state index is 0.451. The lowest BCUT2D eigenvalue weighted by atomic mass is 9.86. The third-order valence-electron chi connectivity index (χ3n) is 1.96. The van der Waals surface area contributed by atoms with E-state index in [0.717, 1.165) is 0 Å². The Hall–Kier alpha value is -1.09. The van der Waals surface area contributed by atoms with Gasteiger partial charge in [-0.3, -0.25) is 9.78 Å². The fourth-order valence-corrected chi connectivity index (χ4v) is 1.05. The van der Waals surface area contributed by atoms with Crippen LogP contribution in [0.5, 0.6) is 0 Å². The summed E-state index contributed by atoms with van der Waals surface area (Å²) in [4.78, 5) is 14.7. The fourth-order valence-electron chi connectivity index (χ4n) is 0.877. The number of aliphatic carboxylic acids is 1. The number of hydrogen-bond acceptors (Lipinski definition) is 2. The first-order chi connectivity index (χ1) is 5.94. The molecule has 0 aliphatic heterocycles. The summed E-state index contributed by atoms with van der Waals surface area (Å²) in [6.45, 7) is 3.23. The largest absolute Gasteiger partial charge is 0.481 e. The predicted molar refractivity (Wildman–Crippen MR) is 49.9 cm³/mol. The van der Waals surface area contributed by atoms with Crippen molar-refractivity contribution in [2.75, 3.05) is 0 Å². The van der Waals surface area contributed by atoms with Crippen LogP contribution >= 0.6 is 11.6 Å². The van der Waals surface area contributed by atoms with Crippen molar-refractivity contribution in [2.24, 2.45) is 0 Å². The Morgan fingerprint density at radius 2 is 2.15 bits per heavy atom. The Morgan fingerprint density at radius 1 is 1.54 bits per heavy atom. The van der Waals surface area contributed by atoms with Crippen LogP contribution in [0, 0.1) is 0 Å². The zero-order valence-corrected chi connectivity index (χ0v) is 8.17.